The van der Waals surface area contributed by atoms with Crippen LogP contribution in [0.15, 0.2) is 30.6 Å². The monoisotopic (exact) mass is 304 g/mol. The molecule has 0 unspecified atom stereocenters. The van der Waals surface area contributed by atoms with E-state index in [4.69, 9.17) is 0 Å². The minimum atomic E-state index is 0. The topological polar surface area (TPSA) is 62.2 Å². The van der Waals surface area contributed by atoms with Crippen molar-refractivity contribution in [3.8, 4) is 0 Å². The van der Waals surface area contributed by atoms with E-state index in [9.17, 15) is 9.90 Å². The van der Waals surface area contributed by atoms with Crippen molar-refractivity contribution in [3.05, 3.63) is 36.2 Å². The number of allylic oxidation sites excluding steroid dienone is 1. The molecule has 1 saturated heterocycles. The Balaban J connectivity index is 0.00000162. The molecule has 1 aromatic rings. The molecular formula is C13H18Cl2N2O2. The second-order valence-electron chi connectivity index (χ2n) is 4.20. The summed E-state index contributed by atoms with van der Waals surface area (Å²) in [6.45, 7) is 1.75. The van der Waals surface area contributed by atoms with Crippen LogP contribution >= 0.6 is 24.8 Å². The highest BCUT2D eigenvalue weighted by Gasteiger charge is 2.19. The molecule has 4 nitrogen and oxygen atoms in total. The Morgan fingerprint density at radius 2 is 2.05 bits per heavy atom. The van der Waals surface area contributed by atoms with Gasteiger partial charge in [0, 0.05) is 30.0 Å². The molecule has 1 aliphatic rings. The van der Waals surface area contributed by atoms with Gasteiger partial charge in [-0.2, -0.15) is 0 Å². The summed E-state index contributed by atoms with van der Waals surface area (Å²) in [6.07, 6.45) is 6.19. The number of hydrogen-bond donors (Lipinski definition) is 2. The number of hydrogen-bond acceptors (Lipinski definition) is 4. The van der Waals surface area contributed by atoms with E-state index in [2.05, 4.69) is 10.3 Å². The van der Waals surface area contributed by atoms with Gasteiger partial charge in [-0.15, -0.1) is 24.8 Å². The minimum Gasteiger partial charge on any atom is -0.507 e. The Hall–Kier alpha value is -1.10. The number of nitrogens with one attached hydrogen (secondary N) is 1. The number of nitrogens with zero attached hydrogens (tertiary/aromatic N) is 1. The number of rotatable bonds is 3. The molecule has 1 fully saturated rings. The molecule has 0 atom stereocenters. The normalized spacial score (nSPS) is 16.1. The highest BCUT2D eigenvalue weighted by Crippen LogP contribution is 2.16. The third-order valence-corrected chi connectivity index (χ3v) is 2.98. The molecule has 0 bridgehead atoms. The lowest BCUT2D eigenvalue weighted by atomic mass is 9.93. The second kappa shape index (κ2) is 8.91. The quantitative estimate of drug-likeness (QED) is 0.665. The van der Waals surface area contributed by atoms with Gasteiger partial charge in [0.2, 0.25) is 0 Å². The van der Waals surface area contributed by atoms with Gasteiger partial charge in [-0.05, 0) is 38.1 Å². The van der Waals surface area contributed by atoms with Crippen molar-refractivity contribution in [2.75, 3.05) is 13.1 Å². The van der Waals surface area contributed by atoms with Crippen LogP contribution in [0.1, 0.15) is 18.4 Å². The third kappa shape index (κ3) is 5.19. The Kier molecular flexibility index (Phi) is 8.39. The lowest BCUT2D eigenvalue weighted by molar-refractivity contribution is -0.118. The summed E-state index contributed by atoms with van der Waals surface area (Å²) in [4.78, 5) is 15.8. The van der Waals surface area contributed by atoms with Gasteiger partial charge in [0.25, 0.3) is 0 Å². The van der Waals surface area contributed by atoms with E-state index in [1.165, 1.54) is 6.08 Å². The number of aromatic nitrogens is 1. The largest absolute Gasteiger partial charge is 0.507 e. The first kappa shape index (κ1) is 17.9. The van der Waals surface area contributed by atoms with Crippen LogP contribution in [0.25, 0.3) is 5.76 Å². The summed E-state index contributed by atoms with van der Waals surface area (Å²) in [5.74, 6) is 0.0459. The second-order valence-corrected chi connectivity index (χ2v) is 4.20. The van der Waals surface area contributed by atoms with Crippen LogP contribution in [0.3, 0.4) is 0 Å². The predicted molar refractivity (Wildman–Crippen MR) is 79.9 cm³/mol. The standard InChI is InChI=1S/C13H16N2O2.2ClH/c16-12(10-3-6-14-7-4-10)8-13(17)11-2-1-5-15-9-11;;/h1-2,5,8-10,14,17H,3-4,6-7H2;2*1H. The van der Waals surface area contributed by atoms with Crippen molar-refractivity contribution < 1.29 is 9.90 Å². The van der Waals surface area contributed by atoms with Gasteiger partial charge in [0.1, 0.15) is 5.76 Å². The molecule has 0 aliphatic carbocycles. The first-order valence-electron chi connectivity index (χ1n) is 5.83. The third-order valence-electron chi connectivity index (χ3n) is 2.98. The smallest absolute Gasteiger partial charge is 0.162 e. The molecule has 0 amide bonds. The summed E-state index contributed by atoms with van der Waals surface area (Å²) in [7, 11) is 0. The number of halogens is 2. The van der Waals surface area contributed by atoms with Crippen molar-refractivity contribution in [2.45, 2.75) is 12.8 Å². The Morgan fingerprint density at radius 3 is 2.63 bits per heavy atom. The van der Waals surface area contributed by atoms with Crippen LogP contribution in [-0.2, 0) is 4.79 Å². The average Bonchev–Trinajstić information content (AvgIpc) is 2.40. The van der Waals surface area contributed by atoms with Crippen LogP contribution in [-0.4, -0.2) is 29.0 Å². The van der Waals surface area contributed by atoms with Crippen molar-refractivity contribution in [1.82, 2.24) is 10.3 Å². The van der Waals surface area contributed by atoms with Gasteiger partial charge < -0.3 is 10.4 Å². The number of carbonyl (C=O) groups excluding carboxylic acids is 1. The first-order chi connectivity index (χ1) is 8.27. The van der Waals surface area contributed by atoms with E-state index >= 15 is 0 Å². The molecule has 6 heteroatoms. The van der Waals surface area contributed by atoms with Gasteiger partial charge in [0.05, 0.1) is 0 Å². The molecule has 2 heterocycles. The van der Waals surface area contributed by atoms with Gasteiger partial charge in [-0.25, -0.2) is 0 Å². The molecule has 106 valence electrons. The van der Waals surface area contributed by atoms with Crippen LogP contribution in [0.2, 0.25) is 0 Å². The summed E-state index contributed by atoms with van der Waals surface area (Å²) >= 11 is 0. The molecule has 2 N–H and O–H groups in total. The predicted octanol–water partition coefficient (Wildman–Crippen LogP) is 2.39. The van der Waals surface area contributed by atoms with E-state index in [1.807, 2.05) is 0 Å². The van der Waals surface area contributed by atoms with E-state index in [-0.39, 0.29) is 42.3 Å². The zero-order valence-corrected chi connectivity index (χ0v) is 12.0. The van der Waals surface area contributed by atoms with Crippen LogP contribution < -0.4 is 5.32 Å². The highest BCUT2D eigenvalue weighted by atomic mass is 35.5. The Bertz CT molecular complexity index is 418. The maximum atomic E-state index is 11.9. The van der Waals surface area contributed by atoms with Crippen LogP contribution in [0.5, 0.6) is 0 Å². The molecule has 19 heavy (non-hydrogen) atoms. The number of ketones is 1. The van der Waals surface area contributed by atoms with E-state index in [1.54, 1.807) is 24.5 Å². The van der Waals surface area contributed by atoms with Gasteiger partial charge in [-0.1, -0.05) is 0 Å². The summed E-state index contributed by atoms with van der Waals surface area (Å²) in [5, 5.41) is 13.0. The molecule has 0 spiro atoms. The summed E-state index contributed by atoms with van der Waals surface area (Å²) in [6, 6.07) is 3.46. The SMILES string of the molecule is Cl.Cl.O=C(C=C(O)c1cccnc1)C1CCNCC1. The Labute approximate surface area is 125 Å². The molecule has 2 rings (SSSR count). The zero-order chi connectivity index (χ0) is 12.1. The van der Waals surface area contributed by atoms with Crippen molar-refractivity contribution in [1.29, 1.82) is 0 Å². The molecular weight excluding hydrogens is 287 g/mol. The lowest BCUT2D eigenvalue weighted by Gasteiger charge is -2.20. The maximum Gasteiger partial charge on any atom is 0.162 e. The maximum absolute atomic E-state index is 11.9. The number of pyridine rings is 1. The van der Waals surface area contributed by atoms with Crippen molar-refractivity contribution in [3.63, 3.8) is 0 Å². The zero-order valence-electron chi connectivity index (χ0n) is 10.4. The summed E-state index contributed by atoms with van der Waals surface area (Å²) < 4.78 is 0. The van der Waals surface area contributed by atoms with Gasteiger partial charge in [-0.3, -0.25) is 9.78 Å². The Morgan fingerprint density at radius 1 is 1.37 bits per heavy atom. The fourth-order valence-electron chi connectivity index (χ4n) is 1.96. The molecule has 0 saturated carbocycles. The first-order valence-corrected chi connectivity index (χ1v) is 5.83. The van der Waals surface area contributed by atoms with Crippen LogP contribution in [0.4, 0.5) is 0 Å². The van der Waals surface area contributed by atoms with Crippen molar-refractivity contribution >= 4 is 36.4 Å². The van der Waals surface area contributed by atoms with E-state index in [0.29, 0.717) is 5.56 Å². The van der Waals surface area contributed by atoms with Gasteiger partial charge >= 0.3 is 0 Å². The van der Waals surface area contributed by atoms with E-state index in [0.717, 1.165) is 25.9 Å². The van der Waals surface area contributed by atoms with Gasteiger partial charge in [0.15, 0.2) is 5.78 Å². The fourth-order valence-corrected chi connectivity index (χ4v) is 1.96. The number of piperidine rings is 1. The lowest BCUT2D eigenvalue weighted by Crippen LogP contribution is -2.31. The summed E-state index contributed by atoms with van der Waals surface area (Å²) in [5.41, 5.74) is 0.579. The van der Waals surface area contributed by atoms with E-state index < -0.39 is 0 Å². The minimum absolute atomic E-state index is 0. The molecule has 0 aromatic carbocycles. The number of aliphatic hydroxyl groups is 1. The highest BCUT2D eigenvalue weighted by molar-refractivity contribution is 5.96. The average molecular weight is 305 g/mol. The van der Waals surface area contributed by atoms with Crippen molar-refractivity contribution in [2.24, 2.45) is 5.92 Å². The number of carbonyl (C=O) groups is 1. The van der Waals surface area contributed by atoms with Crippen LogP contribution in [0, 0.1) is 5.92 Å². The molecule has 1 aliphatic heterocycles. The molecule has 0 radical (unpaired) electrons. The number of aliphatic hydroxyl groups excluding tert-OH is 1. The molecule has 1 aromatic heterocycles. The fraction of sp³-hybridized carbons (Fsp3) is 0.385.